The maximum atomic E-state index is 4.38. The predicted octanol–water partition coefficient (Wildman–Crippen LogP) is 3.85. The van der Waals surface area contributed by atoms with Gasteiger partial charge in [0.1, 0.15) is 0 Å². The molecule has 94 valence electrons. The van der Waals surface area contributed by atoms with Crippen LogP contribution in [0.25, 0.3) is 0 Å². The number of pyridine rings is 1. The summed E-state index contributed by atoms with van der Waals surface area (Å²) in [6.45, 7) is 5.04. The largest absolute Gasteiger partial charge is 0.306 e. The van der Waals surface area contributed by atoms with Crippen LogP contribution in [0.2, 0.25) is 0 Å². The van der Waals surface area contributed by atoms with E-state index >= 15 is 0 Å². The molecule has 0 amide bonds. The van der Waals surface area contributed by atoms with E-state index in [1.165, 1.54) is 11.1 Å². The first kappa shape index (κ1) is 13.2. The molecule has 0 saturated heterocycles. The van der Waals surface area contributed by atoms with Crippen molar-refractivity contribution in [1.82, 2.24) is 10.3 Å². The Kier molecular flexibility index (Phi) is 4.50. The van der Waals surface area contributed by atoms with E-state index in [0.717, 1.165) is 16.7 Å². The molecule has 2 nitrogen and oxygen atoms in total. The van der Waals surface area contributed by atoms with Gasteiger partial charge >= 0.3 is 0 Å². The second-order valence-corrected chi connectivity index (χ2v) is 5.19. The fraction of sp³-hybridized carbons (Fsp3) is 0.267. The first-order valence-corrected chi connectivity index (χ1v) is 6.91. The first-order valence-electron chi connectivity index (χ1n) is 6.12. The monoisotopic (exact) mass is 304 g/mol. The molecule has 0 saturated carbocycles. The summed E-state index contributed by atoms with van der Waals surface area (Å²) in [5.41, 5.74) is 3.49. The molecule has 0 aliphatic rings. The summed E-state index contributed by atoms with van der Waals surface area (Å²) in [6.07, 6.45) is 1.95. The number of halogens is 1. The first-order chi connectivity index (χ1) is 8.70. The smallest absolute Gasteiger partial charge is 0.0592 e. The van der Waals surface area contributed by atoms with Crippen LogP contribution in [0.5, 0.6) is 0 Å². The lowest BCUT2D eigenvalue weighted by atomic mass is 10.00. The summed E-state index contributed by atoms with van der Waals surface area (Å²) in [5, 5.41) is 3.50. The second-order valence-electron chi connectivity index (χ2n) is 4.28. The van der Waals surface area contributed by atoms with Crippen LogP contribution in [0.3, 0.4) is 0 Å². The van der Waals surface area contributed by atoms with E-state index in [2.05, 4.69) is 63.5 Å². The summed E-state index contributed by atoms with van der Waals surface area (Å²) < 4.78 is 1.10. The van der Waals surface area contributed by atoms with Crippen molar-refractivity contribution in [1.29, 1.82) is 0 Å². The van der Waals surface area contributed by atoms with E-state index in [1.807, 2.05) is 19.2 Å². The standard InChI is InChI=1S/C15H17BrN2/c1-3-17-15(12-5-4-6-14(16)9-12)13-8-7-11(2)18-10-13/h4-10,15,17H,3H2,1-2H3. The molecular weight excluding hydrogens is 288 g/mol. The van der Waals surface area contributed by atoms with E-state index in [9.17, 15) is 0 Å². The number of hydrogen-bond acceptors (Lipinski definition) is 2. The lowest BCUT2D eigenvalue weighted by Gasteiger charge is -2.19. The molecule has 2 aromatic rings. The SMILES string of the molecule is CCNC(c1ccc(C)nc1)c1cccc(Br)c1. The molecule has 0 radical (unpaired) electrons. The molecule has 1 atom stereocenters. The highest BCUT2D eigenvalue weighted by atomic mass is 79.9. The van der Waals surface area contributed by atoms with Gasteiger partial charge in [-0.05, 0) is 42.8 Å². The molecule has 0 aliphatic carbocycles. The molecule has 1 aromatic heterocycles. The summed E-state index contributed by atoms with van der Waals surface area (Å²) in [7, 11) is 0. The van der Waals surface area contributed by atoms with Gasteiger partial charge in [0.2, 0.25) is 0 Å². The van der Waals surface area contributed by atoms with Crippen LogP contribution in [-0.2, 0) is 0 Å². The average molecular weight is 305 g/mol. The zero-order chi connectivity index (χ0) is 13.0. The Balaban J connectivity index is 2.36. The van der Waals surface area contributed by atoms with Gasteiger partial charge in [-0.15, -0.1) is 0 Å². The number of nitrogens with one attached hydrogen (secondary N) is 1. The van der Waals surface area contributed by atoms with Gasteiger partial charge in [0.25, 0.3) is 0 Å². The zero-order valence-electron chi connectivity index (χ0n) is 10.7. The maximum absolute atomic E-state index is 4.38. The highest BCUT2D eigenvalue weighted by Crippen LogP contribution is 2.24. The van der Waals surface area contributed by atoms with Crippen molar-refractivity contribution in [3.8, 4) is 0 Å². The molecule has 1 aromatic carbocycles. The Bertz CT molecular complexity index is 508. The summed E-state index contributed by atoms with van der Waals surface area (Å²) in [5.74, 6) is 0. The van der Waals surface area contributed by atoms with Crippen molar-refractivity contribution in [3.63, 3.8) is 0 Å². The van der Waals surface area contributed by atoms with Crippen molar-refractivity contribution in [2.75, 3.05) is 6.54 Å². The Labute approximate surface area is 117 Å². The minimum absolute atomic E-state index is 0.195. The lowest BCUT2D eigenvalue weighted by Crippen LogP contribution is -2.22. The van der Waals surface area contributed by atoms with Crippen molar-refractivity contribution >= 4 is 15.9 Å². The highest BCUT2D eigenvalue weighted by Gasteiger charge is 2.13. The fourth-order valence-electron chi connectivity index (χ4n) is 1.97. The molecule has 2 rings (SSSR count). The molecule has 0 aliphatic heterocycles. The number of benzene rings is 1. The van der Waals surface area contributed by atoms with Crippen LogP contribution in [-0.4, -0.2) is 11.5 Å². The van der Waals surface area contributed by atoms with Crippen LogP contribution in [0.4, 0.5) is 0 Å². The topological polar surface area (TPSA) is 24.9 Å². The molecule has 18 heavy (non-hydrogen) atoms. The van der Waals surface area contributed by atoms with Crippen molar-refractivity contribution < 1.29 is 0 Å². The Morgan fingerprint density at radius 3 is 2.67 bits per heavy atom. The van der Waals surface area contributed by atoms with E-state index < -0.39 is 0 Å². The quantitative estimate of drug-likeness (QED) is 0.928. The lowest BCUT2D eigenvalue weighted by molar-refractivity contribution is 0.628. The van der Waals surface area contributed by atoms with Crippen LogP contribution >= 0.6 is 15.9 Å². The molecule has 3 heteroatoms. The minimum Gasteiger partial charge on any atom is -0.306 e. The van der Waals surface area contributed by atoms with E-state index in [4.69, 9.17) is 0 Å². The molecule has 0 bridgehead atoms. The maximum Gasteiger partial charge on any atom is 0.0592 e. The summed E-state index contributed by atoms with van der Waals surface area (Å²) in [6, 6.07) is 12.8. The number of nitrogens with zero attached hydrogens (tertiary/aromatic N) is 1. The third-order valence-corrected chi connectivity index (χ3v) is 3.35. The van der Waals surface area contributed by atoms with Gasteiger partial charge in [-0.3, -0.25) is 4.98 Å². The molecule has 1 unspecified atom stereocenters. The predicted molar refractivity (Wildman–Crippen MR) is 78.6 cm³/mol. The van der Waals surface area contributed by atoms with Gasteiger partial charge in [-0.2, -0.15) is 0 Å². The third kappa shape index (κ3) is 3.18. The summed E-state index contributed by atoms with van der Waals surface area (Å²) >= 11 is 3.52. The Morgan fingerprint density at radius 1 is 1.22 bits per heavy atom. The minimum atomic E-state index is 0.195. The fourth-order valence-corrected chi connectivity index (χ4v) is 2.39. The Morgan fingerprint density at radius 2 is 2.06 bits per heavy atom. The van der Waals surface area contributed by atoms with Crippen molar-refractivity contribution in [3.05, 3.63) is 63.9 Å². The molecule has 0 fully saturated rings. The molecule has 1 heterocycles. The average Bonchev–Trinajstić information content (AvgIpc) is 2.37. The molecule has 0 spiro atoms. The van der Waals surface area contributed by atoms with Gasteiger partial charge in [0.15, 0.2) is 0 Å². The molecule has 1 N–H and O–H groups in total. The van der Waals surface area contributed by atoms with Crippen LogP contribution in [0.15, 0.2) is 47.1 Å². The number of aromatic nitrogens is 1. The summed E-state index contributed by atoms with van der Waals surface area (Å²) in [4.78, 5) is 4.38. The van der Waals surface area contributed by atoms with Gasteiger partial charge in [-0.1, -0.05) is 41.1 Å². The van der Waals surface area contributed by atoms with Crippen LogP contribution in [0, 0.1) is 6.92 Å². The molecular formula is C15H17BrN2. The van der Waals surface area contributed by atoms with E-state index in [0.29, 0.717) is 0 Å². The number of aryl methyl sites for hydroxylation is 1. The Hall–Kier alpha value is -1.19. The third-order valence-electron chi connectivity index (χ3n) is 2.86. The van der Waals surface area contributed by atoms with E-state index in [-0.39, 0.29) is 6.04 Å². The van der Waals surface area contributed by atoms with Gasteiger partial charge in [0, 0.05) is 16.4 Å². The normalized spacial score (nSPS) is 12.4. The number of hydrogen-bond donors (Lipinski definition) is 1. The highest BCUT2D eigenvalue weighted by molar-refractivity contribution is 9.10. The second kappa shape index (κ2) is 6.12. The van der Waals surface area contributed by atoms with Gasteiger partial charge in [-0.25, -0.2) is 0 Å². The van der Waals surface area contributed by atoms with Crippen LogP contribution in [0.1, 0.15) is 29.8 Å². The van der Waals surface area contributed by atoms with Crippen molar-refractivity contribution in [2.24, 2.45) is 0 Å². The number of rotatable bonds is 4. The van der Waals surface area contributed by atoms with E-state index in [1.54, 1.807) is 0 Å². The van der Waals surface area contributed by atoms with Crippen LogP contribution < -0.4 is 5.32 Å². The zero-order valence-corrected chi connectivity index (χ0v) is 12.2. The van der Waals surface area contributed by atoms with Gasteiger partial charge < -0.3 is 5.32 Å². The van der Waals surface area contributed by atoms with Gasteiger partial charge in [0.05, 0.1) is 6.04 Å². The van der Waals surface area contributed by atoms with Crippen molar-refractivity contribution in [2.45, 2.75) is 19.9 Å².